The zero-order valence-corrected chi connectivity index (χ0v) is 13.1. The van der Waals surface area contributed by atoms with Crippen LogP contribution in [0.2, 0.25) is 0 Å². The molecule has 1 aromatic heterocycles. The lowest BCUT2D eigenvalue weighted by atomic mass is 10.1. The number of para-hydroxylation sites is 1. The number of hydrogen-bond acceptors (Lipinski definition) is 1. The second kappa shape index (κ2) is 5.70. The van der Waals surface area contributed by atoms with Gasteiger partial charge in [-0.05, 0) is 39.3 Å². The van der Waals surface area contributed by atoms with Crippen LogP contribution < -0.4 is 0 Å². The molecule has 0 N–H and O–H groups in total. The second-order valence-corrected chi connectivity index (χ2v) is 5.95. The van der Waals surface area contributed by atoms with E-state index in [0.717, 1.165) is 5.56 Å². The van der Waals surface area contributed by atoms with Crippen LogP contribution in [-0.4, -0.2) is 27.5 Å². The van der Waals surface area contributed by atoms with Crippen LogP contribution in [-0.2, 0) is 18.3 Å². The standard InChI is InChI=1S/C17H24N2O/c1-12(2)19(13(3)4)17(20)10-14-11-18(5)16-9-7-6-8-15(14)16/h6-9,11-13H,10H2,1-5H3. The average molecular weight is 272 g/mol. The monoisotopic (exact) mass is 272 g/mol. The van der Waals surface area contributed by atoms with E-state index in [1.165, 1.54) is 10.9 Å². The number of carbonyl (C=O) groups excluding carboxylic acids is 1. The van der Waals surface area contributed by atoms with E-state index in [9.17, 15) is 4.79 Å². The van der Waals surface area contributed by atoms with Crippen molar-refractivity contribution in [3.05, 3.63) is 36.0 Å². The molecule has 3 nitrogen and oxygen atoms in total. The van der Waals surface area contributed by atoms with E-state index in [-0.39, 0.29) is 18.0 Å². The van der Waals surface area contributed by atoms with Crippen LogP contribution in [0.1, 0.15) is 33.3 Å². The highest BCUT2D eigenvalue weighted by Gasteiger charge is 2.21. The van der Waals surface area contributed by atoms with Gasteiger partial charge in [-0.15, -0.1) is 0 Å². The van der Waals surface area contributed by atoms with Crippen molar-refractivity contribution in [1.29, 1.82) is 0 Å². The van der Waals surface area contributed by atoms with Gasteiger partial charge in [-0.3, -0.25) is 4.79 Å². The highest BCUT2D eigenvalue weighted by atomic mass is 16.2. The van der Waals surface area contributed by atoms with Crippen LogP contribution in [0.5, 0.6) is 0 Å². The summed E-state index contributed by atoms with van der Waals surface area (Å²) in [6.45, 7) is 8.28. The minimum atomic E-state index is 0.200. The Morgan fingerprint density at radius 1 is 1.15 bits per heavy atom. The van der Waals surface area contributed by atoms with Gasteiger partial charge in [-0.2, -0.15) is 0 Å². The van der Waals surface area contributed by atoms with Crippen molar-refractivity contribution < 1.29 is 4.79 Å². The van der Waals surface area contributed by atoms with E-state index in [0.29, 0.717) is 6.42 Å². The van der Waals surface area contributed by atoms with E-state index < -0.39 is 0 Å². The first-order valence-electron chi connectivity index (χ1n) is 7.26. The molecular formula is C17H24N2O. The van der Waals surface area contributed by atoms with Gasteiger partial charge in [0.15, 0.2) is 0 Å². The molecule has 0 saturated heterocycles. The molecule has 0 unspecified atom stereocenters. The topological polar surface area (TPSA) is 25.2 Å². The Labute approximate surface area is 121 Å². The summed E-state index contributed by atoms with van der Waals surface area (Å²) in [5.74, 6) is 0.200. The number of amides is 1. The molecule has 20 heavy (non-hydrogen) atoms. The molecule has 0 radical (unpaired) electrons. The normalized spacial score (nSPS) is 11.6. The molecule has 2 aromatic rings. The van der Waals surface area contributed by atoms with E-state index in [2.05, 4.69) is 50.6 Å². The number of hydrogen-bond donors (Lipinski definition) is 0. The van der Waals surface area contributed by atoms with Crippen molar-refractivity contribution in [2.75, 3.05) is 0 Å². The Morgan fingerprint density at radius 2 is 1.75 bits per heavy atom. The second-order valence-electron chi connectivity index (χ2n) is 5.95. The van der Waals surface area contributed by atoms with Gasteiger partial charge < -0.3 is 9.47 Å². The number of aromatic nitrogens is 1. The molecule has 1 heterocycles. The maximum Gasteiger partial charge on any atom is 0.227 e. The predicted octanol–water partition coefficient (Wildman–Crippen LogP) is 3.37. The van der Waals surface area contributed by atoms with Crippen LogP contribution in [0.25, 0.3) is 10.9 Å². The van der Waals surface area contributed by atoms with Crippen LogP contribution in [0.4, 0.5) is 0 Å². The Balaban J connectivity index is 2.30. The number of fused-ring (bicyclic) bond motifs is 1. The first-order chi connectivity index (χ1) is 9.41. The van der Waals surface area contributed by atoms with Gasteiger partial charge in [0.25, 0.3) is 0 Å². The fraction of sp³-hybridized carbons (Fsp3) is 0.471. The van der Waals surface area contributed by atoms with Crippen molar-refractivity contribution in [1.82, 2.24) is 9.47 Å². The molecule has 1 aromatic carbocycles. The SMILES string of the molecule is CC(C)N(C(=O)Cc1cn(C)c2ccccc12)C(C)C. The summed E-state index contributed by atoms with van der Waals surface area (Å²) < 4.78 is 2.09. The Morgan fingerprint density at radius 3 is 2.35 bits per heavy atom. The number of benzene rings is 1. The van der Waals surface area contributed by atoms with E-state index >= 15 is 0 Å². The molecule has 0 aliphatic rings. The van der Waals surface area contributed by atoms with Gasteiger partial charge >= 0.3 is 0 Å². The molecule has 0 bridgehead atoms. The predicted molar refractivity (Wildman–Crippen MR) is 83.7 cm³/mol. The molecule has 0 aliphatic carbocycles. The zero-order chi connectivity index (χ0) is 14.9. The van der Waals surface area contributed by atoms with Gasteiger partial charge in [-0.25, -0.2) is 0 Å². The van der Waals surface area contributed by atoms with Crippen molar-refractivity contribution in [2.45, 2.75) is 46.2 Å². The number of carbonyl (C=O) groups is 1. The largest absolute Gasteiger partial charge is 0.350 e. The molecule has 2 rings (SSSR count). The maximum absolute atomic E-state index is 12.6. The van der Waals surface area contributed by atoms with Crippen LogP contribution >= 0.6 is 0 Å². The van der Waals surface area contributed by atoms with Crippen LogP contribution in [0.15, 0.2) is 30.5 Å². The lowest BCUT2D eigenvalue weighted by molar-refractivity contribution is -0.134. The molecular weight excluding hydrogens is 248 g/mol. The first kappa shape index (κ1) is 14.6. The summed E-state index contributed by atoms with van der Waals surface area (Å²) in [6, 6.07) is 8.70. The van der Waals surface area contributed by atoms with Crippen molar-refractivity contribution >= 4 is 16.8 Å². The third-order valence-electron chi connectivity index (χ3n) is 3.72. The van der Waals surface area contributed by atoms with Crippen molar-refractivity contribution in [3.63, 3.8) is 0 Å². The fourth-order valence-corrected chi connectivity index (χ4v) is 2.99. The number of rotatable bonds is 4. The van der Waals surface area contributed by atoms with E-state index in [1.54, 1.807) is 0 Å². The van der Waals surface area contributed by atoms with Crippen molar-refractivity contribution in [2.24, 2.45) is 7.05 Å². The highest BCUT2D eigenvalue weighted by Crippen LogP contribution is 2.22. The summed E-state index contributed by atoms with van der Waals surface area (Å²) in [5, 5.41) is 1.18. The lowest BCUT2D eigenvalue weighted by Gasteiger charge is -2.30. The highest BCUT2D eigenvalue weighted by molar-refractivity contribution is 5.89. The van der Waals surface area contributed by atoms with Gasteiger partial charge in [0.05, 0.1) is 6.42 Å². The molecule has 0 aliphatic heterocycles. The zero-order valence-electron chi connectivity index (χ0n) is 13.1. The van der Waals surface area contributed by atoms with Gasteiger partial charge in [0, 0.05) is 36.2 Å². The molecule has 0 saturated carbocycles. The number of aryl methyl sites for hydroxylation is 1. The molecule has 0 fully saturated rings. The maximum atomic E-state index is 12.6. The molecule has 108 valence electrons. The third kappa shape index (κ3) is 2.72. The quantitative estimate of drug-likeness (QED) is 0.837. The van der Waals surface area contributed by atoms with Crippen LogP contribution in [0, 0.1) is 0 Å². The summed E-state index contributed by atoms with van der Waals surface area (Å²) >= 11 is 0. The van der Waals surface area contributed by atoms with E-state index in [4.69, 9.17) is 0 Å². The summed E-state index contributed by atoms with van der Waals surface area (Å²) in [5.41, 5.74) is 2.29. The molecule has 0 spiro atoms. The lowest BCUT2D eigenvalue weighted by Crippen LogP contribution is -2.42. The Bertz CT molecular complexity index is 602. The smallest absolute Gasteiger partial charge is 0.227 e. The summed E-state index contributed by atoms with van der Waals surface area (Å²) in [6.07, 6.45) is 2.54. The number of nitrogens with zero attached hydrogens (tertiary/aromatic N) is 2. The van der Waals surface area contributed by atoms with Crippen LogP contribution in [0.3, 0.4) is 0 Å². The Hall–Kier alpha value is -1.77. The minimum absolute atomic E-state index is 0.200. The van der Waals surface area contributed by atoms with Gasteiger partial charge in [0.2, 0.25) is 5.91 Å². The summed E-state index contributed by atoms with van der Waals surface area (Å²) in [4.78, 5) is 14.5. The van der Waals surface area contributed by atoms with Gasteiger partial charge in [-0.1, -0.05) is 18.2 Å². The average Bonchev–Trinajstić information content (AvgIpc) is 2.66. The van der Waals surface area contributed by atoms with Crippen molar-refractivity contribution in [3.8, 4) is 0 Å². The molecule has 0 atom stereocenters. The fourth-order valence-electron chi connectivity index (χ4n) is 2.99. The minimum Gasteiger partial charge on any atom is -0.350 e. The van der Waals surface area contributed by atoms with Gasteiger partial charge in [0.1, 0.15) is 0 Å². The van der Waals surface area contributed by atoms with E-state index in [1.807, 2.05) is 24.1 Å². The molecule has 3 heteroatoms. The third-order valence-corrected chi connectivity index (χ3v) is 3.72. The summed E-state index contributed by atoms with van der Waals surface area (Å²) in [7, 11) is 2.03. The molecule has 1 amide bonds. The Kier molecular flexibility index (Phi) is 4.17. The first-order valence-corrected chi connectivity index (χ1v) is 7.26.